The number of pyridine rings is 1. The summed E-state index contributed by atoms with van der Waals surface area (Å²) in [4.78, 5) is 3.39. The fraction of sp³-hybridized carbons (Fsp3) is 0.643. The SMILES string of the molecule is CC1CCC(O)(c2ccc(C(F)(F)F)nc2Cl)CC1C. The predicted molar refractivity (Wildman–Crippen MR) is 70.3 cm³/mol. The van der Waals surface area contributed by atoms with E-state index in [9.17, 15) is 18.3 Å². The van der Waals surface area contributed by atoms with E-state index in [2.05, 4.69) is 11.9 Å². The van der Waals surface area contributed by atoms with Crippen LogP contribution in [-0.4, -0.2) is 10.1 Å². The molecule has 2 nitrogen and oxygen atoms in total. The Labute approximate surface area is 121 Å². The summed E-state index contributed by atoms with van der Waals surface area (Å²) in [7, 11) is 0. The van der Waals surface area contributed by atoms with Crippen molar-refractivity contribution in [1.82, 2.24) is 4.98 Å². The summed E-state index contributed by atoms with van der Waals surface area (Å²) in [6.07, 6.45) is -2.74. The number of aromatic nitrogens is 1. The highest BCUT2D eigenvalue weighted by Gasteiger charge is 2.40. The molecule has 0 spiro atoms. The number of halogens is 4. The van der Waals surface area contributed by atoms with E-state index in [0.29, 0.717) is 24.3 Å². The molecular formula is C14H17ClF3NO. The zero-order valence-electron chi connectivity index (χ0n) is 11.3. The number of nitrogens with zero attached hydrogens (tertiary/aromatic N) is 1. The van der Waals surface area contributed by atoms with Gasteiger partial charge in [-0.3, -0.25) is 0 Å². The molecule has 1 saturated carbocycles. The Morgan fingerprint density at radius 2 is 1.95 bits per heavy atom. The van der Waals surface area contributed by atoms with Gasteiger partial charge in [-0.05, 0) is 37.2 Å². The molecule has 0 aliphatic heterocycles. The third-order valence-electron chi connectivity index (χ3n) is 4.28. The summed E-state index contributed by atoms with van der Waals surface area (Å²) in [5.74, 6) is 0.767. The van der Waals surface area contributed by atoms with E-state index in [-0.39, 0.29) is 11.1 Å². The molecule has 3 atom stereocenters. The van der Waals surface area contributed by atoms with Crippen LogP contribution < -0.4 is 0 Å². The van der Waals surface area contributed by atoms with Crippen LogP contribution in [-0.2, 0) is 11.8 Å². The molecule has 1 heterocycles. The molecule has 112 valence electrons. The zero-order valence-corrected chi connectivity index (χ0v) is 12.1. The molecule has 1 aliphatic carbocycles. The van der Waals surface area contributed by atoms with Gasteiger partial charge >= 0.3 is 6.18 Å². The zero-order chi connectivity index (χ0) is 15.1. The van der Waals surface area contributed by atoms with Gasteiger partial charge in [0.05, 0.1) is 5.60 Å². The number of aliphatic hydroxyl groups is 1. The van der Waals surface area contributed by atoms with Crippen LogP contribution in [0.5, 0.6) is 0 Å². The molecule has 0 aromatic carbocycles. The first kappa shape index (κ1) is 15.6. The second-order valence-electron chi connectivity index (χ2n) is 5.76. The van der Waals surface area contributed by atoms with Crippen molar-refractivity contribution in [3.05, 3.63) is 28.5 Å². The van der Waals surface area contributed by atoms with Crippen molar-refractivity contribution in [1.29, 1.82) is 0 Å². The molecule has 3 unspecified atom stereocenters. The Morgan fingerprint density at radius 1 is 1.30 bits per heavy atom. The second-order valence-corrected chi connectivity index (χ2v) is 6.12. The first-order chi connectivity index (χ1) is 9.13. The number of alkyl halides is 3. The average molecular weight is 308 g/mol. The highest BCUT2D eigenvalue weighted by atomic mass is 35.5. The highest BCUT2D eigenvalue weighted by molar-refractivity contribution is 6.30. The summed E-state index contributed by atoms with van der Waals surface area (Å²) in [6, 6.07) is 2.13. The minimum atomic E-state index is -4.53. The minimum absolute atomic E-state index is 0.260. The van der Waals surface area contributed by atoms with E-state index in [1.165, 1.54) is 6.07 Å². The monoisotopic (exact) mass is 307 g/mol. The molecule has 0 bridgehead atoms. The van der Waals surface area contributed by atoms with Crippen LogP contribution in [0.4, 0.5) is 13.2 Å². The van der Waals surface area contributed by atoms with Crippen LogP contribution in [0.15, 0.2) is 12.1 Å². The van der Waals surface area contributed by atoms with E-state index >= 15 is 0 Å². The van der Waals surface area contributed by atoms with Crippen LogP contribution >= 0.6 is 11.6 Å². The largest absolute Gasteiger partial charge is 0.433 e. The topological polar surface area (TPSA) is 33.1 Å². The average Bonchev–Trinajstić information content (AvgIpc) is 2.33. The van der Waals surface area contributed by atoms with E-state index in [1.807, 2.05) is 6.92 Å². The molecule has 1 N–H and O–H groups in total. The third-order valence-corrected chi connectivity index (χ3v) is 4.57. The summed E-state index contributed by atoms with van der Waals surface area (Å²) >= 11 is 5.87. The fourth-order valence-corrected chi connectivity index (χ4v) is 3.10. The maximum absolute atomic E-state index is 12.6. The lowest BCUT2D eigenvalue weighted by atomic mass is 9.71. The van der Waals surface area contributed by atoms with Crippen LogP contribution in [0.3, 0.4) is 0 Å². The van der Waals surface area contributed by atoms with Gasteiger partial charge in [-0.25, -0.2) is 4.98 Å². The maximum atomic E-state index is 12.6. The molecule has 6 heteroatoms. The van der Waals surface area contributed by atoms with E-state index in [4.69, 9.17) is 11.6 Å². The molecular weight excluding hydrogens is 291 g/mol. The smallest absolute Gasteiger partial charge is 0.385 e. The maximum Gasteiger partial charge on any atom is 0.433 e. The molecule has 20 heavy (non-hydrogen) atoms. The third kappa shape index (κ3) is 2.93. The molecule has 1 aromatic heterocycles. The van der Waals surface area contributed by atoms with E-state index in [1.54, 1.807) is 0 Å². The Balaban J connectivity index is 2.34. The van der Waals surface area contributed by atoms with Crippen LogP contribution in [0.25, 0.3) is 0 Å². The minimum Gasteiger partial charge on any atom is -0.385 e. The summed E-state index contributed by atoms with van der Waals surface area (Å²) in [5, 5.41) is 10.4. The number of rotatable bonds is 1. The highest BCUT2D eigenvalue weighted by Crippen LogP contribution is 2.44. The van der Waals surface area contributed by atoms with Crippen molar-refractivity contribution < 1.29 is 18.3 Å². The summed E-state index contributed by atoms with van der Waals surface area (Å²) in [6.45, 7) is 4.14. The Hall–Kier alpha value is -0.810. The van der Waals surface area contributed by atoms with Gasteiger partial charge in [-0.1, -0.05) is 31.5 Å². The molecule has 0 saturated heterocycles. The number of hydrogen-bond donors (Lipinski definition) is 1. The summed E-state index contributed by atoms with van der Waals surface area (Å²) in [5.41, 5.74) is -1.92. The van der Waals surface area contributed by atoms with Gasteiger partial charge in [-0.15, -0.1) is 0 Å². The predicted octanol–water partition coefficient (Wildman–Crippen LogP) is 4.40. The lowest BCUT2D eigenvalue weighted by Crippen LogP contribution is -2.35. The Morgan fingerprint density at radius 3 is 2.45 bits per heavy atom. The van der Waals surface area contributed by atoms with Gasteiger partial charge in [0.25, 0.3) is 0 Å². The van der Waals surface area contributed by atoms with Crippen LogP contribution in [0, 0.1) is 11.8 Å². The first-order valence-electron chi connectivity index (χ1n) is 6.60. The van der Waals surface area contributed by atoms with Gasteiger partial charge in [-0.2, -0.15) is 13.2 Å². The van der Waals surface area contributed by atoms with Crippen LogP contribution in [0.1, 0.15) is 44.4 Å². The lowest BCUT2D eigenvalue weighted by molar-refractivity contribution is -0.141. The number of hydrogen-bond acceptors (Lipinski definition) is 2. The normalized spacial score (nSPS) is 31.4. The Bertz CT molecular complexity index is 506. The van der Waals surface area contributed by atoms with Crippen molar-refractivity contribution in [3.63, 3.8) is 0 Å². The van der Waals surface area contributed by atoms with E-state index < -0.39 is 17.5 Å². The van der Waals surface area contributed by atoms with Gasteiger partial charge in [0.1, 0.15) is 10.8 Å². The fourth-order valence-electron chi connectivity index (χ4n) is 2.77. The van der Waals surface area contributed by atoms with Gasteiger partial charge < -0.3 is 5.11 Å². The second kappa shape index (κ2) is 5.19. The van der Waals surface area contributed by atoms with Crippen molar-refractivity contribution in [3.8, 4) is 0 Å². The molecule has 0 radical (unpaired) electrons. The van der Waals surface area contributed by atoms with Gasteiger partial charge in [0, 0.05) is 5.56 Å². The standard InChI is InChI=1S/C14H17ClF3NO/c1-8-5-6-13(20,7-9(8)2)10-3-4-11(14(16,17)18)19-12(10)15/h3-4,8-9,20H,5-7H2,1-2H3. The van der Waals surface area contributed by atoms with Crippen molar-refractivity contribution >= 4 is 11.6 Å². The van der Waals surface area contributed by atoms with E-state index in [0.717, 1.165) is 12.5 Å². The van der Waals surface area contributed by atoms with Crippen molar-refractivity contribution in [2.45, 2.75) is 44.9 Å². The molecule has 1 aromatic rings. The quantitative estimate of drug-likeness (QED) is 0.780. The molecule has 1 fully saturated rings. The molecule has 0 amide bonds. The Kier molecular flexibility index (Phi) is 4.04. The van der Waals surface area contributed by atoms with Crippen molar-refractivity contribution in [2.75, 3.05) is 0 Å². The van der Waals surface area contributed by atoms with Gasteiger partial charge in [0.2, 0.25) is 0 Å². The van der Waals surface area contributed by atoms with Crippen LogP contribution in [0.2, 0.25) is 5.15 Å². The first-order valence-corrected chi connectivity index (χ1v) is 6.98. The molecule has 2 rings (SSSR count). The lowest BCUT2D eigenvalue weighted by Gasteiger charge is -2.39. The van der Waals surface area contributed by atoms with Crippen molar-refractivity contribution in [2.24, 2.45) is 11.8 Å². The van der Waals surface area contributed by atoms with Gasteiger partial charge in [0.15, 0.2) is 0 Å². The summed E-state index contributed by atoms with van der Waals surface area (Å²) < 4.78 is 37.7. The molecule has 1 aliphatic rings.